The molecular weight excluding hydrogens is 350 g/mol. The number of anilines is 1. The molecule has 0 spiro atoms. The van der Waals surface area contributed by atoms with Crippen molar-refractivity contribution in [3.63, 3.8) is 0 Å². The number of nitrogens with one attached hydrogen (secondary N) is 2. The Morgan fingerprint density at radius 2 is 1.81 bits per heavy atom. The number of carbonyl (C=O) groups excluding carboxylic acids is 1. The number of nitrogens with zero attached hydrogens (tertiary/aromatic N) is 1. The molecular formula is C19H21N3O3S. The van der Waals surface area contributed by atoms with E-state index >= 15 is 0 Å². The molecule has 3 rings (SSSR count). The molecule has 136 valence electrons. The maximum atomic E-state index is 12.3. The van der Waals surface area contributed by atoms with Crippen LogP contribution in [0.15, 0.2) is 58.5 Å². The predicted molar refractivity (Wildman–Crippen MR) is 102 cm³/mol. The minimum atomic E-state index is -3.72. The van der Waals surface area contributed by atoms with Crippen molar-refractivity contribution in [3.8, 4) is 0 Å². The van der Waals surface area contributed by atoms with E-state index in [9.17, 15) is 13.2 Å². The Bertz CT molecular complexity index is 946. The topological polar surface area (TPSA) is 87.6 Å². The van der Waals surface area contributed by atoms with Crippen LogP contribution in [0.5, 0.6) is 0 Å². The first-order valence-corrected chi connectivity index (χ1v) is 9.87. The third-order valence-electron chi connectivity index (χ3n) is 4.16. The maximum absolute atomic E-state index is 12.3. The lowest BCUT2D eigenvalue weighted by molar-refractivity contribution is -0.117. The first-order chi connectivity index (χ1) is 12.3. The fourth-order valence-electron chi connectivity index (χ4n) is 2.38. The van der Waals surface area contributed by atoms with Crippen molar-refractivity contribution >= 4 is 27.3 Å². The Kier molecular flexibility index (Phi) is 5.08. The zero-order valence-electron chi connectivity index (χ0n) is 14.7. The summed E-state index contributed by atoms with van der Waals surface area (Å²) >= 11 is 0. The van der Waals surface area contributed by atoms with Gasteiger partial charge in [-0.1, -0.05) is 29.8 Å². The molecule has 2 aromatic rings. The molecule has 6 nitrogen and oxygen atoms in total. The van der Waals surface area contributed by atoms with Crippen molar-refractivity contribution in [1.29, 1.82) is 0 Å². The number of benzene rings is 2. The van der Waals surface area contributed by atoms with Crippen molar-refractivity contribution < 1.29 is 13.2 Å². The zero-order chi connectivity index (χ0) is 18.7. The van der Waals surface area contributed by atoms with Crippen LogP contribution in [-0.4, -0.2) is 20.0 Å². The monoisotopic (exact) mass is 371 g/mol. The third kappa shape index (κ3) is 4.49. The lowest BCUT2D eigenvalue weighted by atomic mass is 10.1. The van der Waals surface area contributed by atoms with Gasteiger partial charge in [-0.05, 0) is 56.5 Å². The molecule has 0 saturated heterocycles. The molecule has 1 saturated carbocycles. The molecule has 0 heterocycles. The van der Waals surface area contributed by atoms with Gasteiger partial charge >= 0.3 is 0 Å². The molecule has 0 atom stereocenters. The number of amides is 1. The van der Waals surface area contributed by atoms with Crippen LogP contribution in [0.2, 0.25) is 0 Å². The quantitative estimate of drug-likeness (QED) is 0.604. The van der Waals surface area contributed by atoms with Gasteiger partial charge in [0.1, 0.15) is 0 Å². The Morgan fingerprint density at radius 3 is 2.46 bits per heavy atom. The summed E-state index contributed by atoms with van der Waals surface area (Å²) in [7, 11) is -3.72. The first kappa shape index (κ1) is 18.1. The van der Waals surface area contributed by atoms with Crippen LogP contribution in [0, 0.1) is 12.8 Å². The minimum Gasteiger partial charge on any atom is -0.326 e. The number of rotatable bonds is 6. The van der Waals surface area contributed by atoms with Gasteiger partial charge in [0.25, 0.3) is 10.0 Å². The Morgan fingerprint density at radius 1 is 1.12 bits per heavy atom. The van der Waals surface area contributed by atoms with Gasteiger partial charge in [0.2, 0.25) is 5.91 Å². The molecule has 2 N–H and O–H groups in total. The number of aryl methyl sites for hydroxylation is 1. The molecule has 0 unspecified atom stereocenters. The molecule has 26 heavy (non-hydrogen) atoms. The van der Waals surface area contributed by atoms with E-state index in [0.29, 0.717) is 11.4 Å². The van der Waals surface area contributed by atoms with Crippen molar-refractivity contribution in [2.24, 2.45) is 11.0 Å². The largest absolute Gasteiger partial charge is 0.326 e. The molecule has 0 radical (unpaired) electrons. The summed E-state index contributed by atoms with van der Waals surface area (Å²) in [5, 5.41) is 6.87. The first-order valence-electron chi connectivity index (χ1n) is 8.39. The standard InChI is InChI=1S/C19H21N3O3S/c1-13-6-10-18(11-7-13)26(24,25)22-21-14(2)16-4-3-5-17(12-16)20-19(23)15-8-9-15/h3-7,10-12,15,22H,8-9H2,1-2H3,(H,20,23)/b21-14-. The van der Waals surface area contributed by atoms with Crippen molar-refractivity contribution in [1.82, 2.24) is 4.83 Å². The fourth-order valence-corrected chi connectivity index (χ4v) is 3.23. The average molecular weight is 371 g/mol. The third-order valence-corrected chi connectivity index (χ3v) is 5.39. The molecule has 1 aliphatic carbocycles. The molecule has 0 aromatic heterocycles. The van der Waals surface area contributed by atoms with E-state index in [1.807, 2.05) is 13.0 Å². The van der Waals surface area contributed by atoms with Gasteiger partial charge < -0.3 is 5.32 Å². The summed E-state index contributed by atoms with van der Waals surface area (Å²) < 4.78 is 24.6. The highest BCUT2D eigenvalue weighted by Crippen LogP contribution is 2.30. The van der Waals surface area contributed by atoms with Crippen molar-refractivity contribution in [3.05, 3.63) is 59.7 Å². The Hall–Kier alpha value is -2.67. The molecule has 0 bridgehead atoms. The van der Waals surface area contributed by atoms with E-state index < -0.39 is 10.0 Å². The van der Waals surface area contributed by atoms with Gasteiger partial charge in [0.05, 0.1) is 10.6 Å². The van der Waals surface area contributed by atoms with Crippen LogP contribution in [0.25, 0.3) is 0 Å². The van der Waals surface area contributed by atoms with Crippen LogP contribution in [0.1, 0.15) is 30.9 Å². The summed E-state index contributed by atoms with van der Waals surface area (Å²) in [6.45, 7) is 3.60. The smallest absolute Gasteiger partial charge is 0.276 e. The predicted octanol–water partition coefficient (Wildman–Crippen LogP) is 3.05. The average Bonchev–Trinajstić information content (AvgIpc) is 3.45. The van der Waals surface area contributed by atoms with E-state index in [2.05, 4.69) is 15.2 Å². The van der Waals surface area contributed by atoms with Crippen LogP contribution in [0.3, 0.4) is 0 Å². The summed E-state index contributed by atoms with van der Waals surface area (Å²) in [6, 6.07) is 13.7. The number of sulfonamides is 1. The second kappa shape index (κ2) is 7.29. The minimum absolute atomic E-state index is 0.0248. The highest BCUT2D eigenvalue weighted by atomic mass is 32.2. The summed E-state index contributed by atoms with van der Waals surface area (Å²) in [4.78, 5) is 14.3. The van der Waals surface area contributed by atoms with E-state index in [1.54, 1.807) is 37.3 Å². The SMILES string of the molecule is C/C(=N/NS(=O)(=O)c1ccc(C)cc1)c1cccc(NC(=O)C2CC2)c1. The second-order valence-electron chi connectivity index (χ2n) is 6.45. The Labute approximate surface area is 153 Å². The van der Waals surface area contributed by atoms with Gasteiger partial charge in [-0.2, -0.15) is 18.4 Å². The second-order valence-corrected chi connectivity index (χ2v) is 8.11. The summed E-state index contributed by atoms with van der Waals surface area (Å²) in [6.07, 6.45) is 1.87. The number of hydrogen-bond acceptors (Lipinski definition) is 4. The zero-order valence-corrected chi connectivity index (χ0v) is 15.5. The van der Waals surface area contributed by atoms with Crippen LogP contribution < -0.4 is 10.1 Å². The van der Waals surface area contributed by atoms with Crippen molar-refractivity contribution in [2.75, 3.05) is 5.32 Å². The van der Waals surface area contributed by atoms with Crippen LogP contribution in [0.4, 0.5) is 5.69 Å². The highest BCUT2D eigenvalue weighted by molar-refractivity contribution is 7.89. The van der Waals surface area contributed by atoms with Gasteiger partial charge in [0, 0.05) is 11.6 Å². The van der Waals surface area contributed by atoms with Gasteiger partial charge in [-0.3, -0.25) is 4.79 Å². The lowest BCUT2D eigenvalue weighted by Crippen LogP contribution is -2.20. The normalized spacial score (nSPS) is 14.8. The van der Waals surface area contributed by atoms with Crippen LogP contribution in [-0.2, 0) is 14.8 Å². The highest BCUT2D eigenvalue weighted by Gasteiger charge is 2.29. The molecule has 1 aliphatic rings. The summed E-state index contributed by atoms with van der Waals surface area (Å²) in [5.41, 5.74) is 2.89. The Balaban J connectivity index is 1.72. The molecule has 7 heteroatoms. The molecule has 1 amide bonds. The molecule has 2 aromatic carbocycles. The fraction of sp³-hybridized carbons (Fsp3) is 0.263. The molecule has 1 fully saturated rings. The molecule has 0 aliphatic heterocycles. The number of hydrazone groups is 1. The van der Waals surface area contributed by atoms with E-state index in [0.717, 1.165) is 24.0 Å². The number of hydrogen-bond donors (Lipinski definition) is 2. The maximum Gasteiger partial charge on any atom is 0.276 e. The number of carbonyl (C=O) groups is 1. The van der Waals surface area contributed by atoms with Gasteiger partial charge in [-0.15, -0.1) is 0 Å². The van der Waals surface area contributed by atoms with Gasteiger partial charge in [0.15, 0.2) is 0 Å². The van der Waals surface area contributed by atoms with Gasteiger partial charge in [-0.25, -0.2) is 0 Å². The lowest BCUT2D eigenvalue weighted by Gasteiger charge is -2.08. The van der Waals surface area contributed by atoms with Crippen LogP contribution >= 0.6 is 0 Å². The van der Waals surface area contributed by atoms with Crippen molar-refractivity contribution in [2.45, 2.75) is 31.6 Å². The van der Waals surface area contributed by atoms with E-state index in [4.69, 9.17) is 0 Å². The summed E-state index contributed by atoms with van der Waals surface area (Å²) in [5.74, 6) is 0.145. The van der Waals surface area contributed by atoms with E-state index in [-0.39, 0.29) is 16.7 Å². The van der Waals surface area contributed by atoms with E-state index in [1.165, 1.54) is 12.1 Å².